The monoisotopic (exact) mass is 466 g/mol. The van der Waals surface area contributed by atoms with E-state index in [1.807, 2.05) is 30.3 Å². The molecule has 4 rings (SSSR count). The third-order valence-electron chi connectivity index (χ3n) is 4.64. The van der Waals surface area contributed by atoms with Crippen molar-refractivity contribution in [3.63, 3.8) is 0 Å². The fourth-order valence-corrected chi connectivity index (χ4v) is 3.06. The second-order valence-electron chi connectivity index (χ2n) is 7.07. The van der Waals surface area contributed by atoms with Gasteiger partial charge in [0.1, 0.15) is 0 Å². The molecule has 0 atom stereocenters. The minimum Gasteiger partial charge on any atom is -0.459 e. The number of rotatable bonds is 6. The zero-order valence-electron chi connectivity index (χ0n) is 17.4. The van der Waals surface area contributed by atoms with Crippen LogP contribution in [0, 0.1) is 0 Å². The van der Waals surface area contributed by atoms with Crippen LogP contribution in [0.5, 0.6) is 0 Å². The summed E-state index contributed by atoms with van der Waals surface area (Å²) in [7, 11) is 0. The number of hydrogen-bond donors (Lipinski definition) is 2. The summed E-state index contributed by atoms with van der Waals surface area (Å²) in [6.07, 6.45) is 2.25. The van der Waals surface area contributed by atoms with E-state index in [2.05, 4.69) is 15.7 Å². The number of hydrogen-bond acceptors (Lipinski definition) is 4. The van der Waals surface area contributed by atoms with Crippen molar-refractivity contribution in [1.82, 2.24) is 9.78 Å². The van der Waals surface area contributed by atoms with Gasteiger partial charge in [0.05, 0.1) is 29.4 Å². The number of amides is 2. The lowest BCUT2D eigenvalue weighted by molar-refractivity contribution is -0.136. The van der Waals surface area contributed by atoms with E-state index in [0.29, 0.717) is 5.56 Å². The van der Waals surface area contributed by atoms with Gasteiger partial charge in [0.2, 0.25) is 5.91 Å². The third kappa shape index (κ3) is 5.41. The molecule has 172 valence electrons. The van der Waals surface area contributed by atoms with Crippen molar-refractivity contribution in [1.29, 1.82) is 0 Å². The largest absolute Gasteiger partial charge is 0.459 e. The molecule has 0 aliphatic rings. The molecule has 7 nitrogen and oxygen atoms in total. The van der Waals surface area contributed by atoms with Gasteiger partial charge in [0, 0.05) is 23.5 Å². The van der Waals surface area contributed by atoms with Gasteiger partial charge in [-0.25, -0.2) is 4.68 Å². The topological polar surface area (TPSA) is 89.2 Å². The Morgan fingerprint density at radius 2 is 1.79 bits per heavy atom. The zero-order chi connectivity index (χ0) is 24.1. The van der Waals surface area contributed by atoms with Crippen LogP contribution < -0.4 is 10.6 Å². The highest BCUT2D eigenvalue weighted by molar-refractivity contribution is 6.04. The van der Waals surface area contributed by atoms with Crippen molar-refractivity contribution in [3.05, 3.63) is 102 Å². The molecule has 34 heavy (non-hydrogen) atoms. The van der Waals surface area contributed by atoms with Crippen molar-refractivity contribution in [2.75, 3.05) is 10.6 Å². The third-order valence-corrected chi connectivity index (χ3v) is 4.64. The number of halogens is 3. The summed E-state index contributed by atoms with van der Waals surface area (Å²) in [6.45, 7) is 0. The number of carbonyl (C=O) groups is 2. The highest BCUT2D eigenvalue weighted by Crippen LogP contribution is 2.36. The van der Waals surface area contributed by atoms with Crippen molar-refractivity contribution in [2.24, 2.45) is 0 Å². The Morgan fingerprint density at radius 1 is 1.00 bits per heavy atom. The predicted octanol–water partition coefficient (Wildman–Crippen LogP) is 5.39. The van der Waals surface area contributed by atoms with Crippen LogP contribution >= 0.6 is 0 Å². The van der Waals surface area contributed by atoms with Gasteiger partial charge in [-0.15, -0.1) is 0 Å². The van der Waals surface area contributed by atoms with Crippen LogP contribution in [-0.2, 0) is 11.0 Å². The lowest BCUT2D eigenvalue weighted by Gasteiger charge is -2.15. The SMILES string of the molecule is O=C(/C=C/c1cnn(-c2ccccc2)c1)Nc1ccc(NC(=O)c2ccco2)cc1C(F)(F)F. The van der Waals surface area contributed by atoms with Crippen molar-refractivity contribution in [3.8, 4) is 5.69 Å². The molecule has 0 unspecified atom stereocenters. The summed E-state index contributed by atoms with van der Waals surface area (Å²) >= 11 is 0. The molecule has 0 aliphatic heterocycles. The lowest BCUT2D eigenvalue weighted by atomic mass is 10.1. The van der Waals surface area contributed by atoms with Gasteiger partial charge in [-0.2, -0.15) is 18.3 Å². The lowest BCUT2D eigenvalue weighted by Crippen LogP contribution is -2.16. The minimum atomic E-state index is -4.77. The maximum absolute atomic E-state index is 13.6. The van der Waals surface area contributed by atoms with E-state index in [9.17, 15) is 22.8 Å². The molecule has 0 saturated carbocycles. The van der Waals surface area contributed by atoms with Gasteiger partial charge in [0.25, 0.3) is 5.91 Å². The van der Waals surface area contributed by atoms with Crippen molar-refractivity contribution >= 4 is 29.3 Å². The molecule has 2 heterocycles. The molecule has 0 aliphatic carbocycles. The Bertz CT molecular complexity index is 1330. The summed E-state index contributed by atoms with van der Waals surface area (Å²) in [4.78, 5) is 24.3. The Morgan fingerprint density at radius 3 is 2.50 bits per heavy atom. The molecule has 2 amide bonds. The molecule has 0 fully saturated rings. The number of anilines is 2. The Hall–Kier alpha value is -4.60. The average molecular weight is 466 g/mol. The van der Waals surface area contributed by atoms with Crippen LogP contribution in [0.4, 0.5) is 24.5 Å². The van der Waals surface area contributed by atoms with Crippen LogP contribution in [0.2, 0.25) is 0 Å². The number of alkyl halides is 3. The molecular formula is C24H17F3N4O3. The van der Waals surface area contributed by atoms with E-state index in [0.717, 1.165) is 23.9 Å². The minimum absolute atomic E-state index is 0.0494. The number of carbonyl (C=O) groups excluding carboxylic acids is 2. The Labute approximate surface area is 191 Å². The maximum Gasteiger partial charge on any atom is 0.418 e. The van der Waals surface area contributed by atoms with E-state index >= 15 is 0 Å². The first kappa shape index (κ1) is 22.6. The average Bonchev–Trinajstić information content (AvgIpc) is 3.51. The van der Waals surface area contributed by atoms with E-state index < -0.39 is 29.2 Å². The highest BCUT2D eigenvalue weighted by Gasteiger charge is 2.34. The number of para-hydroxylation sites is 1. The van der Waals surface area contributed by atoms with E-state index in [1.54, 1.807) is 10.9 Å². The number of furan rings is 1. The fourth-order valence-electron chi connectivity index (χ4n) is 3.06. The molecule has 2 aromatic carbocycles. The first-order valence-corrected chi connectivity index (χ1v) is 9.95. The summed E-state index contributed by atoms with van der Waals surface area (Å²) in [5, 5.41) is 8.75. The molecule has 2 aromatic heterocycles. The molecule has 10 heteroatoms. The number of benzene rings is 2. The van der Waals surface area contributed by atoms with Gasteiger partial charge in [-0.1, -0.05) is 18.2 Å². The van der Waals surface area contributed by atoms with Crippen LogP contribution in [0.1, 0.15) is 21.7 Å². The number of aromatic nitrogens is 2. The van der Waals surface area contributed by atoms with Gasteiger partial charge in [0.15, 0.2) is 5.76 Å². The number of nitrogens with zero attached hydrogens (tertiary/aromatic N) is 2. The van der Waals surface area contributed by atoms with Gasteiger partial charge in [-0.05, 0) is 48.5 Å². The van der Waals surface area contributed by atoms with Gasteiger partial charge < -0.3 is 15.1 Å². The maximum atomic E-state index is 13.6. The summed E-state index contributed by atoms with van der Waals surface area (Å²) < 4.78 is 47.3. The summed E-state index contributed by atoms with van der Waals surface area (Å²) in [6, 6.07) is 15.2. The van der Waals surface area contributed by atoms with Crippen LogP contribution in [0.25, 0.3) is 11.8 Å². The van der Waals surface area contributed by atoms with Crippen LogP contribution in [0.3, 0.4) is 0 Å². The van der Waals surface area contributed by atoms with E-state index in [4.69, 9.17) is 4.42 Å². The molecule has 4 aromatic rings. The second kappa shape index (κ2) is 9.49. The van der Waals surface area contributed by atoms with Crippen LogP contribution in [-0.4, -0.2) is 21.6 Å². The Kier molecular flexibility index (Phi) is 6.30. The van der Waals surface area contributed by atoms with Crippen molar-refractivity contribution in [2.45, 2.75) is 6.18 Å². The molecular weight excluding hydrogens is 449 g/mol. The van der Waals surface area contributed by atoms with Gasteiger partial charge in [-0.3, -0.25) is 9.59 Å². The molecule has 0 saturated heterocycles. The second-order valence-corrected chi connectivity index (χ2v) is 7.07. The van der Waals surface area contributed by atoms with E-state index in [-0.39, 0.29) is 11.4 Å². The first-order valence-electron chi connectivity index (χ1n) is 9.95. The molecule has 2 N–H and O–H groups in total. The first-order chi connectivity index (χ1) is 16.3. The predicted molar refractivity (Wildman–Crippen MR) is 119 cm³/mol. The molecule has 0 spiro atoms. The molecule has 0 bridgehead atoms. The number of nitrogens with one attached hydrogen (secondary N) is 2. The Balaban J connectivity index is 1.47. The van der Waals surface area contributed by atoms with Crippen LogP contribution in [0.15, 0.2) is 89.8 Å². The smallest absolute Gasteiger partial charge is 0.418 e. The fraction of sp³-hybridized carbons (Fsp3) is 0.0417. The standard InChI is InChI=1S/C24H17F3N4O3/c25-24(26,27)19-13-17(29-23(33)21-7-4-12-34-21)9-10-20(19)30-22(32)11-8-16-14-28-31(15-16)18-5-2-1-3-6-18/h1-15H,(H,29,33)(H,30,32)/b11-8+. The highest BCUT2D eigenvalue weighted by atomic mass is 19.4. The van der Waals surface area contributed by atoms with Gasteiger partial charge >= 0.3 is 6.18 Å². The molecule has 0 radical (unpaired) electrons. The zero-order valence-corrected chi connectivity index (χ0v) is 17.4. The summed E-state index contributed by atoms with van der Waals surface area (Å²) in [5.41, 5.74) is -0.246. The summed E-state index contributed by atoms with van der Waals surface area (Å²) in [5.74, 6) is -1.51. The normalized spacial score (nSPS) is 11.5. The van der Waals surface area contributed by atoms with E-state index in [1.165, 1.54) is 36.7 Å². The quantitative estimate of drug-likeness (QED) is 0.373. The van der Waals surface area contributed by atoms with Crippen molar-refractivity contribution < 1.29 is 27.2 Å².